The highest BCUT2D eigenvalue weighted by Crippen LogP contribution is 2.35. The van der Waals surface area contributed by atoms with Gasteiger partial charge in [-0.15, -0.1) is 0 Å². The van der Waals surface area contributed by atoms with E-state index in [0.717, 1.165) is 47.9 Å². The minimum atomic E-state index is -0.177. The fourth-order valence-corrected chi connectivity index (χ4v) is 5.17. The molecule has 0 amide bonds. The molecule has 5 rings (SSSR count). The van der Waals surface area contributed by atoms with Crippen molar-refractivity contribution in [2.24, 2.45) is 4.99 Å². The van der Waals surface area contributed by atoms with E-state index in [0.29, 0.717) is 11.1 Å². The Hall–Kier alpha value is -3.93. The second-order valence-corrected chi connectivity index (χ2v) is 9.58. The Balaban J connectivity index is 1.34. The summed E-state index contributed by atoms with van der Waals surface area (Å²) in [6.45, 7) is 0.206. The summed E-state index contributed by atoms with van der Waals surface area (Å²) in [6, 6.07) is 30.6. The molecule has 3 N–H and O–H groups in total. The molecule has 1 aliphatic rings. The first-order chi connectivity index (χ1) is 18.1. The van der Waals surface area contributed by atoms with Crippen LogP contribution in [0, 0.1) is 0 Å². The smallest absolute Gasteiger partial charge is 0.132 e. The normalized spacial score (nSPS) is 17.9. The van der Waals surface area contributed by atoms with Gasteiger partial charge in [-0.05, 0) is 30.0 Å². The summed E-state index contributed by atoms with van der Waals surface area (Å²) >= 11 is 0. The Labute approximate surface area is 218 Å². The minimum absolute atomic E-state index is 0.113. The first kappa shape index (κ1) is 24.8. The number of phenols is 2. The summed E-state index contributed by atoms with van der Waals surface area (Å²) in [5.41, 5.74) is 4.73. The maximum absolute atomic E-state index is 11.1. The monoisotopic (exact) mass is 492 g/mol. The van der Waals surface area contributed by atoms with Gasteiger partial charge in [-0.2, -0.15) is 5.06 Å². The molecule has 4 aromatic carbocycles. The van der Waals surface area contributed by atoms with Gasteiger partial charge in [0.1, 0.15) is 11.5 Å². The van der Waals surface area contributed by atoms with Crippen LogP contribution in [0.1, 0.15) is 36.8 Å². The SMILES string of the molecule is Oc1c(C=N[C@@H]2CCCC[C@H]2N(O)Cc2cccc(-c3ccccc3)c2O)cccc1-c1ccccc1. The van der Waals surface area contributed by atoms with Crippen molar-refractivity contribution in [3.8, 4) is 33.8 Å². The van der Waals surface area contributed by atoms with E-state index < -0.39 is 0 Å². The number of nitrogens with zero attached hydrogens (tertiary/aromatic N) is 2. The molecule has 1 aliphatic carbocycles. The van der Waals surface area contributed by atoms with E-state index in [2.05, 4.69) is 0 Å². The van der Waals surface area contributed by atoms with Crippen LogP contribution in [0.5, 0.6) is 11.5 Å². The average Bonchev–Trinajstić information content (AvgIpc) is 2.95. The van der Waals surface area contributed by atoms with E-state index in [9.17, 15) is 15.4 Å². The topological polar surface area (TPSA) is 76.3 Å². The van der Waals surface area contributed by atoms with Crippen LogP contribution < -0.4 is 0 Å². The van der Waals surface area contributed by atoms with Gasteiger partial charge >= 0.3 is 0 Å². The molecule has 2 atom stereocenters. The summed E-state index contributed by atoms with van der Waals surface area (Å²) < 4.78 is 0. The summed E-state index contributed by atoms with van der Waals surface area (Å²) in [4.78, 5) is 4.83. The van der Waals surface area contributed by atoms with Crippen LogP contribution in [-0.2, 0) is 6.54 Å². The number of benzene rings is 4. The quantitative estimate of drug-likeness (QED) is 0.191. The fourth-order valence-electron chi connectivity index (χ4n) is 5.17. The van der Waals surface area contributed by atoms with Crippen molar-refractivity contribution in [3.63, 3.8) is 0 Å². The molecule has 0 aromatic heterocycles. The lowest BCUT2D eigenvalue weighted by molar-refractivity contribution is -0.147. The molecule has 5 nitrogen and oxygen atoms in total. The average molecular weight is 493 g/mol. The van der Waals surface area contributed by atoms with Crippen molar-refractivity contribution < 1.29 is 15.4 Å². The summed E-state index contributed by atoms with van der Waals surface area (Å²) in [5.74, 6) is 0.388. The zero-order valence-corrected chi connectivity index (χ0v) is 20.7. The predicted molar refractivity (Wildman–Crippen MR) is 148 cm³/mol. The number of phenolic OH excluding ortho intramolecular Hbond substituents is 2. The molecule has 0 unspecified atom stereocenters. The third-order valence-corrected chi connectivity index (χ3v) is 7.17. The lowest BCUT2D eigenvalue weighted by atomic mass is 9.90. The van der Waals surface area contributed by atoms with Gasteiger partial charge < -0.3 is 15.4 Å². The van der Waals surface area contributed by atoms with E-state index >= 15 is 0 Å². The van der Waals surface area contributed by atoms with Crippen LogP contribution in [0.15, 0.2) is 102 Å². The Morgan fingerprint density at radius 2 is 1.30 bits per heavy atom. The van der Waals surface area contributed by atoms with Gasteiger partial charge in [0.2, 0.25) is 0 Å². The van der Waals surface area contributed by atoms with Crippen LogP contribution in [-0.4, -0.2) is 38.8 Å². The second-order valence-electron chi connectivity index (χ2n) is 9.58. The molecule has 5 heteroatoms. The lowest BCUT2D eigenvalue weighted by Gasteiger charge is -2.34. The molecule has 0 spiro atoms. The molecule has 0 radical (unpaired) electrons. The molecular formula is C32H32N2O3. The molecule has 0 bridgehead atoms. The molecule has 0 saturated heterocycles. The number of aromatic hydroxyl groups is 2. The number of hydrogen-bond donors (Lipinski definition) is 3. The number of hydrogen-bond acceptors (Lipinski definition) is 5. The van der Waals surface area contributed by atoms with Gasteiger partial charge in [0.15, 0.2) is 0 Å². The Morgan fingerprint density at radius 1 is 0.703 bits per heavy atom. The number of rotatable bonds is 7. The minimum Gasteiger partial charge on any atom is -0.507 e. The molecule has 37 heavy (non-hydrogen) atoms. The fraction of sp³-hybridized carbons (Fsp3) is 0.219. The molecule has 1 fully saturated rings. The standard InChI is InChI=1S/C32H32N2O3/c35-31-25(15-9-17-27(31)23-11-3-1-4-12-23)21-33-29-19-7-8-20-30(29)34(37)22-26-16-10-18-28(32(26)36)24-13-5-2-6-14-24/h1-6,9-18,21,29-30,35-37H,7-8,19-20,22H2/t29-,30-/m1/s1. The molecular weight excluding hydrogens is 460 g/mol. The first-order valence-corrected chi connectivity index (χ1v) is 12.8. The van der Waals surface area contributed by atoms with Crippen LogP contribution in [0.4, 0.5) is 0 Å². The van der Waals surface area contributed by atoms with Gasteiger partial charge in [0.25, 0.3) is 0 Å². The van der Waals surface area contributed by atoms with Crippen LogP contribution >= 0.6 is 0 Å². The molecule has 1 saturated carbocycles. The van der Waals surface area contributed by atoms with Crippen molar-refractivity contribution in [1.82, 2.24) is 5.06 Å². The summed E-state index contributed by atoms with van der Waals surface area (Å²) in [6.07, 6.45) is 5.45. The lowest BCUT2D eigenvalue weighted by Crippen LogP contribution is -2.42. The van der Waals surface area contributed by atoms with Crippen molar-refractivity contribution in [3.05, 3.63) is 108 Å². The third-order valence-electron chi connectivity index (χ3n) is 7.17. The van der Waals surface area contributed by atoms with Gasteiger partial charge in [-0.25, -0.2) is 0 Å². The van der Waals surface area contributed by atoms with Gasteiger partial charge in [0.05, 0.1) is 18.6 Å². The highest BCUT2D eigenvalue weighted by atomic mass is 16.5. The van der Waals surface area contributed by atoms with Crippen molar-refractivity contribution >= 4 is 6.21 Å². The van der Waals surface area contributed by atoms with E-state index in [1.54, 1.807) is 6.21 Å². The van der Waals surface area contributed by atoms with Crippen LogP contribution in [0.3, 0.4) is 0 Å². The van der Waals surface area contributed by atoms with E-state index in [1.165, 1.54) is 5.06 Å². The molecule has 0 aliphatic heterocycles. The second kappa shape index (κ2) is 11.4. The highest BCUT2D eigenvalue weighted by molar-refractivity contribution is 5.88. The summed E-state index contributed by atoms with van der Waals surface area (Å²) in [5, 5.41) is 34.3. The zero-order valence-electron chi connectivity index (χ0n) is 20.7. The van der Waals surface area contributed by atoms with Gasteiger partial charge in [-0.1, -0.05) is 104 Å². The molecule has 0 heterocycles. The first-order valence-electron chi connectivity index (χ1n) is 12.8. The Morgan fingerprint density at radius 3 is 1.97 bits per heavy atom. The Kier molecular flexibility index (Phi) is 7.64. The van der Waals surface area contributed by atoms with Crippen LogP contribution in [0.2, 0.25) is 0 Å². The molecule has 188 valence electrons. The number of aliphatic imine (C=N–C) groups is 1. The summed E-state index contributed by atoms with van der Waals surface area (Å²) in [7, 11) is 0. The van der Waals surface area contributed by atoms with Crippen molar-refractivity contribution in [1.29, 1.82) is 0 Å². The predicted octanol–water partition coefficient (Wildman–Crippen LogP) is 7.05. The van der Waals surface area contributed by atoms with E-state index in [1.807, 2.05) is 97.1 Å². The van der Waals surface area contributed by atoms with E-state index in [4.69, 9.17) is 4.99 Å². The maximum atomic E-state index is 11.1. The third kappa shape index (κ3) is 5.58. The highest BCUT2D eigenvalue weighted by Gasteiger charge is 2.30. The largest absolute Gasteiger partial charge is 0.507 e. The van der Waals surface area contributed by atoms with Gasteiger partial charge in [0, 0.05) is 28.5 Å². The van der Waals surface area contributed by atoms with Crippen LogP contribution in [0.25, 0.3) is 22.3 Å². The van der Waals surface area contributed by atoms with Crippen molar-refractivity contribution in [2.75, 3.05) is 0 Å². The van der Waals surface area contributed by atoms with Crippen molar-refractivity contribution in [2.45, 2.75) is 44.3 Å². The van der Waals surface area contributed by atoms with Gasteiger partial charge in [-0.3, -0.25) is 4.99 Å². The maximum Gasteiger partial charge on any atom is 0.132 e. The number of para-hydroxylation sites is 2. The molecule has 4 aromatic rings. The Bertz CT molecular complexity index is 1360. The number of hydroxylamine groups is 2. The zero-order chi connectivity index (χ0) is 25.6. The van der Waals surface area contributed by atoms with E-state index in [-0.39, 0.29) is 30.1 Å².